The minimum Gasteiger partial charge on any atom is -0.432 e. The van der Waals surface area contributed by atoms with Crippen LogP contribution in [0.2, 0.25) is 0 Å². The van der Waals surface area contributed by atoms with Gasteiger partial charge in [0.25, 0.3) is 0 Å². The van der Waals surface area contributed by atoms with Crippen molar-refractivity contribution < 1.29 is 19.4 Å². The molecule has 4 unspecified atom stereocenters. The maximum atomic E-state index is 11.5. The van der Waals surface area contributed by atoms with Crippen LogP contribution in [-0.2, 0) is 9.47 Å². The van der Waals surface area contributed by atoms with Gasteiger partial charge in [-0.25, -0.2) is 4.79 Å². The van der Waals surface area contributed by atoms with Crippen molar-refractivity contribution in [3.63, 3.8) is 0 Å². The van der Waals surface area contributed by atoms with E-state index in [0.29, 0.717) is 17.8 Å². The first kappa shape index (κ1) is 15.3. The molecule has 4 heteroatoms. The smallest absolute Gasteiger partial charge is 0.432 e. The van der Waals surface area contributed by atoms with E-state index in [9.17, 15) is 4.79 Å². The Bertz CT molecular complexity index is 263. The van der Waals surface area contributed by atoms with E-state index in [-0.39, 0.29) is 12.7 Å². The lowest BCUT2D eigenvalue weighted by atomic mass is 9.75. The molecule has 0 aromatic rings. The highest BCUT2D eigenvalue weighted by Crippen LogP contribution is 2.35. The molecule has 1 saturated carbocycles. The van der Waals surface area contributed by atoms with Gasteiger partial charge in [-0.1, -0.05) is 27.2 Å². The lowest BCUT2D eigenvalue weighted by Crippen LogP contribution is -2.36. The van der Waals surface area contributed by atoms with Crippen molar-refractivity contribution in [2.75, 3.05) is 6.61 Å². The van der Waals surface area contributed by atoms with Crippen molar-refractivity contribution >= 4 is 6.16 Å². The number of aliphatic hydroxyl groups excluding tert-OH is 1. The maximum Gasteiger partial charge on any atom is 0.508 e. The molecule has 0 saturated heterocycles. The van der Waals surface area contributed by atoms with Crippen molar-refractivity contribution in [1.29, 1.82) is 0 Å². The van der Waals surface area contributed by atoms with Gasteiger partial charge in [-0.15, -0.1) is 0 Å². The van der Waals surface area contributed by atoms with Gasteiger partial charge in [-0.2, -0.15) is 0 Å². The van der Waals surface area contributed by atoms with E-state index in [1.165, 1.54) is 6.42 Å². The summed E-state index contributed by atoms with van der Waals surface area (Å²) in [6.45, 7) is 8.09. The molecule has 4 nitrogen and oxygen atoms in total. The van der Waals surface area contributed by atoms with E-state index >= 15 is 0 Å². The molecule has 0 aliphatic heterocycles. The minimum absolute atomic E-state index is 0.00650. The first-order valence-corrected chi connectivity index (χ1v) is 6.91. The van der Waals surface area contributed by atoms with E-state index in [4.69, 9.17) is 14.6 Å². The van der Waals surface area contributed by atoms with Crippen LogP contribution in [0.5, 0.6) is 0 Å². The standard InChI is InChI=1S/C14H26O4/c1-9(2)12-6-5-10(3)7-13(12)18-14(16)17-8-11(4)15/h9-13,15H,5-8H2,1-4H3. The zero-order chi connectivity index (χ0) is 13.7. The van der Waals surface area contributed by atoms with Gasteiger partial charge in [0.05, 0.1) is 6.10 Å². The molecule has 0 heterocycles. The van der Waals surface area contributed by atoms with Gasteiger partial charge >= 0.3 is 6.16 Å². The van der Waals surface area contributed by atoms with E-state index in [2.05, 4.69) is 20.8 Å². The van der Waals surface area contributed by atoms with Gasteiger partial charge < -0.3 is 14.6 Å². The zero-order valence-corrected chi connectivity index (χ0v) is 11.9. The average molecular weight is 258 g/mol. The summed E-state index contributed by atoms with van der Waals surface area (Å²) in [5.41, 5.74) is 0. The van der Waals surface area contributed by atoms with Gasteiger partial charge in [-0.3, -0.25) is 0 Å². The Hall–Kier alpha value is -0.770. The first-order valence-electron chi connectivity index (χ1n) is 6.91. The molecular weight excluding hydrogens is 232 g/mol. The lowest BCUT2D eigenvalue weighted by Gasteiger charge is -2.36. The second-order valence-corrected chi connectivity index (χ2v) is 5.89. The number of carbonyl (C=O) groups is 1. The summed E-state index contributed by atoms with van der Waals surface area (Å²) >= 11 is 0. The Kier molecular flexibility index (Phi) is 5.93. The van der Waals surface area contributed by atoms with Crippen molar-refractivity contribution in [1.82, 2.24) is 0 Å². The van der Waals surface area contributed by atoms with Gasteiger partial charge in [0.2, 0.25) is 0 Å². The predicted molar refractivity (Wildman–Crippen MR) is 69.2 cm³/mol. The number of hydrogen-bond donors (Lipinski definition) is 1. The Balaban J connectivity index is 2.47. The third-order valence-electron chi connectivity index (χ3n) is 3.65. The molecule has 0 spiro atoms. The summed E-state index contributed by atoms with van der Waals surface area (Å²) in [7, 11) is 0. The molecule has 1 aliphatic carbocycles. The quantitative estimate of drug-likeness (QED) is 0.788. The molecule has 1 N–H and O–H groups in total. The predicted octanol–water partition coefficient (Wildman–Crippen LogP) is 2.98. The molecule has 1 fully saturated rings. The first-order chi connectivity index (χ1) is 8.40. The third kappa shape index (κ3) is 4.84. The largest absolute Gasteiger partial charge is 0.508 e. The topological polar surface area (TPSA) is 55.8 Å². The number of rotatable bonds is 4. The van der Waals surface area contributed by atoms with Crippen LogP contribution >= 0.6 is 0 Å². The molecule has 0 aromatic carbocycles. The normalized spacial score (nSPS) is 30.0. The van der Waals surface area contributed by atoms with Gasteiger partial charge in [0, 0.05) is 0 Å². The second kappa shape index (κ2) is 6.98. The van der Waals surface area contributed by atoms with E-state index in [0.717, 1.165) is 12.8 Å². The second-order valence-electron chi connectivity index (χ2n) is 5.89. The SMILES string of the molecule is CC(O)COC(=O)OC1CC(C)CCC1C(C)C. The van der Waals surface area contributed by atoms with Crippen molar-refractivity contribution in [2.45, 2.75) is 59.2 Å². The van der Waals surface area contributed by atoms with Crippen LogP contribution in [-0.4, -0.2) is 30.1 Å². The highest BCUT2D eigenvalue weighted by Gasteiger charge is 2.33. The fraction of sp³-hybridized carbons (Fsp3) is 0.929. The Morgan fingerprint density at radius 1 is 1.33 bits per heavy atom. The highest BCUT2D eigenvalue weighted by atomic mass is 16.7. The Labute approximate surface area is 110 Å². The Morgan fingerprint density at radius 3 is 2.56 bits per heavy atom. The summed E-state index contributed by atoms with van der Waals surface area (Å²) in [6, 6.07) is 0. The van der Waals surface area contributed by atoms with Gasteiger partial charge in [0.1, 0.15) is 12.7 Å². The zero-order valence-electron chi connectivity index (χ0n) is 11.9. The summed E-state index contributed by atoms with van der Waals surface area (Å²) in [5.74, 6) is 1.52. The highest BCUT2D eigenvalue weighted by molar-refractivity contribution is 5.60. The molecule has 0 bridgehead atoms. The molecule has 4 atom stereocenters. The molecule has 0 radical (unpaired) electrons. The average Bonchev–Trinajstić information content (AvgIpc) is 2.26. The van der Waals surface area contributed by atoms with Crippen molar-refractivity contribution in [3.8, 4) is 0 Å². The molecule has 1 aliphatic rings. The third-order valence-corrected chi connectivity index (χ3v) is 3.65. The summed E-state index contributed by atoms with van der Waals surface area (Å²) in [5, 5.41) is 9.06. The molecule has 0 aromatic heterocycles. The molecule has 1 rings (SSSR count). The van der Waals surface area contributed by atoms with Crippen LogP contribution in [0, 0.1) is 17.8 Å². The number of hydrogen-bond acceptors (Lipinski definition) is 4. The van der Waals surface area contributed by atoms with E-state index in [1.54, 1.807) is 6.92 Å². The van der Waals surface area contributed by atoms with Crippen LogP contribution in [0.4, 0.5) is 4.79 Å². The number of ether oxygens (including phenoxy) is 2. The Morgan fingerprint density at radius 2 is 2.00 bits per heavy atom. The fourth-order valence-electron chi connectivity index (χ4n) is 2.60. The van der Waals surface area contributed by atoms with E-state index < -0.39 is 12.3 Å². The van der Waals surface area contributed by atoms with Gasteiger partial charge in [0.15, 0.2) is 0 Å². The van der Waals surface area contributed by atoms with Gasteiger partial charge in [-0.05, 0) is 37.5 Å². The summed E-state index contributed by atoms with van der Waals surface area (Å²) < 4.78 is 10.3. The van der Waals surface area contributed by atoms with Crippen molar-refractivity contribution in [2.24, 2.45) is 17.8 Å². The molecule has 0 amide bonds. The maximum absolute atomic E-state index is 11.5. The van der Waals surface area contributed by atoms with Crippen LogP contribution in [0.1, 0.15) is 47.0 Å². The summed E-state index contributed by atoms with van der Waals surface area (Å²) in [6.07, 6.45) is 1.87. The lowest BCUT2D eigenvalue weighted by molar-refractivity contribution is -0.0412. The minimum atomic E-state index is -0.652. The van der Waals surface area contributed by atoms with Crippen LogP contribution in [0.25, 0.3) is 0 Å². The molecular formula is C14H26O4. The van der Waals surface area contributed by atoms with Crippen LogP contribution in [0.15, 0.2) is 0 Å². The van der Waals surface area contributed by atoms with Crippen molar-refractivity contribution in [3.05, 3.63) is 0 Å². The van der Waals surface area contributed by atoms with Crippen LogP contribution < -0.4 is 0 Å². The molecule has 18 heavy (non-hydrogen) atoms. The molecule has 106 valence electrons. The number of carbonyl (C=O) groups excluding carboxylic acids is 1. The summed E-state index contributed by atoms with van der Waals surface area (Å²) in [4.78, 5) is 11.5. The fourth-order valence-corrected chi connectivity index (χ4v) is 2.60. The number of aliphatic hydroxyl groups is 1. The van der Waals surface area contributed by atoms with E-state index in [1.807, 2.05) is 0 Å². The monoisotopic (exact) mass is 258 g/mol. The van der Waals surface area contributed by atoms with Crippen LogP contribution in [0.3, 0.4) is 0 Å².